The van der Waals surface area contributed by atoms with Crippen LogP contribution in [-0.4, -0.2) is 4.57 Å². The highest BCUT2D eigenvalue weighted by Gasteiger charge is 1.93. The fourth-order valence-corrected chi connectivity index (χ4v) is 0.921. The average Bonchev–Trinajstić information content (AvgIpc) is 2.13. The maximum absolute atomic E-state index is 2.20. The van der Waals surface area contributed by atoms with Gasteiger partial charge in [0.1, 0.15) is 0 Å². The largest absolute Gasteiger partial charge is 0.354 e. The molecule has 0 aliphatic rings. The van der Waals surface area contributed by atoms with Crippen molar-refractivity contribution < 1.29 is 0 Å². The summed E-state index contributed by atoms with van der Waals surface area (Å²) in [7, 11) is 0. The van der Waals surface area contributed by atoms with E-state index in [4.69, 9.17) is 0 Å². The highest BCUT2D eigenvalue weighted by atomic mass is 14.9. The van der Waals surface area contributed by atoms with Crippen LogP contribution in [0.3, 0.4) is 0 Å². The fourth-order valence-electron chi connectivity index (χ4n) is 0.921. The number of aryl methyl sites for hydroxylation is 3. The van der Waals surface area contributed by atoms with Crippen molar-refractivity contribution in [3.05, 3.63) is 23.5 Å². The van der Waals surface area contributed by atoms with E-state index in [-0.39, 0.29) is 0 Å². The summed E-state index contributed by atoms with van der Waals surface area (Å²) in [6.45, 7) is 7.51. The highest BCUT2D eigenvalue weighted by Crippen LogP contribution is 2.06. The van der Waals surface area contributed by atoms with E-state index in [0.29, 0.717) is 0 Å². The van der Waals surface area contributed by atoms with Gasteiger partial charge < -0.3 is 4.57 Å². The Kier molecular flexibility index (Phi) is 1.60. The van der Waals surface area contributed by atoms with Crippen molar-refractivity contribution in [1.82, 2.24) is 4.57 Å². The van der Waals surface area contributed by atoms with Crippen LogP contribution in [0.5, 0.6) is 0 Å². The lowest BCUT2D eigenvalue weighted by Gasteiger charge is -1.91. The van der Waals surface area contributed by atoms with Crippen molar-refractivity contribution in [3.8, 4) is 0 Å². The number of hydrogen-bond donors (Lipinski definition) is 0. The van der Waals surface area contributed by atoms with E-state index in [1.165, 1.54) is 11.1 Å². The molecule has 1 heteroatoms. The van der Waals surface area contributed by atoms with Gasteiger partial charge in [0.2, 0.25) is 0 Å². The summed E-state index contributed by atoms with van der Waals surface area (Å²) in [5, 5.41) is 0. The summed E-state index contributed by atoms with van der Waals surface area (Å²) < 4.78 is 2.20. The van der Waals surface area contributed by atoms with Crippen molar-refractivity contribution in [2.24, 2.45) is 0 Å². The lowest BCUT2D eigenvalue weighted by Crippen LogP contribution is -1.86. The first-order valence-corrected chi connectivity index (χ1v) is 3.37. The highest BCUT2D eigenvalue weighted by molar-refractivity contribution is 5.20. The molecule has 0 bridgehead atoms. The van der Waals surface area contributed by atoms with Crippen molar-refractivity contribution in [2.45, 2.75) is 27.3 Å². The third-order valence-corrected chi connectivity index (χ3v) is 1.71. The van der Waals surface area contributed by atoms with Gasteiger partial charge in [-0.15, -0.1) is 0 Å². The van der Waals surface area contributed by atoms with Crippen LogP contribution in [0.4, 0.5) is 0 Å². The minimum Gasteiger partial charge on any atom is -0.354 e. The van der Waals surface area contributed by atoms with Gasteiger partial charge in [-0.3, -0.25) is 0 Å². The molecule has 0 aliphatic heterocycles. The summed E-state index contributed by atoms with van der Waals surface area (Å²) in [4.78, 5) is 0. The minimum absolute atomic E-state index is 1.08. The lowest BCUT2D eigenvalue weighted by atomic mass is 10.2. The van der Waals surface area contributed by atoms with Gasteiger partial charge in [-0.25, -0.2) is 0 Å². The molecule has 1 heterocycles. The molecule has 0 spiro atoms. The Labute approximate surface area is 56.3 Å². The Morgan fingerprint density at radius 3 is 1.89 bits per heavy atom. The molecule has 0 aromatic carbocycles. The Balaban J connectivity index is 2.98. The third-order valence-electron chi connectivity index (χ3n) is 1.71. The molecule has 1 aromatic rings. The van der Waals surface area contributed by atoms with Gasteiger partial charge >= 0.3 is 0 Å². The summed E-state index contributed by atoms with van der Waals surface area (Å²) in [5.74, 6) is 0. The van der Waals surface area contributed by atoms with Crippen LogP contribution in [0.2, 0.25) is 0 Å². The Hall–Kier alpha value is -0.720. The molecule has 0 amide bonds. The lowest BCUT2D eigenvalue weighted by molar-refractivity contribution is 0.766. The molecule has 50 valence electrons. The normalized spacial score (nSPS) is 10.1. The van der Waals surface area contributed by atoms with Crippen LogP contribution in [-0.2, 0) is 6.54 Å². The third kappa shape index (κ3) is 1.15. The molecule has 9 heavy (non-hydrogen) atoms. The predicted molar refractivity (Wildman–Crippen MR) is 39.6 cm³/mol. The molecule has 1 aromatic heterocycles. The van der Waals surface area contributed by atoms with Crippen molar-refractivity contribution in [1.29, 1.82) is 0 Å². The summed E-state index contributed by atoms with van der Waals surface area (Å²) in [6, 6.07) is 0. The molecule has 1 nitrogen and oxygen atoms in total. The monoisotopic (exact) mass is 123 g/mol. The zero-order valence-corrected chi connectivity index (χ0v) is 6.31. The van der Waals surface area contributed by atoms with Crippen LogP contribution in [0.15, 0.2) is 12.4 Å². The van der Waals surface area contributed by atoms with Crippen LogP contribution < -0.4 is 0 Å². The molecule has 0 unspecified atom stereocenters. The van der Waals surface area contributed by atoms with Crippen molar-refractivity contribution in [2.75, 3.05) is 0 Å². The van der Waals surface area contributed by atoms with Crippen LogP contribution in [0, 0.1) is 13.8 Å². The van der Waals surface area contributed by atoms with E-state index in [1.54, 1.807) is 0 Å². The number of hydrogen-bond acceptors (Lipinski definition) is 0. The summed E-state index contributed by atoms with van der Waals surface area (Å²) in [5.41, 5.74) is 2.77. The second-order valence-electron chi connectivity index (χ2n) is 2.45. The number of rotatable bonds is 1. The molecule has 0 saturated heterocycles. The van der Waals surface area contributed by atoms with Crippen LogP contribution >= 0.6 is 0 Å². The Morgan fingerprint density at radius 2 is 1.67 bits per heavy atom. The molecule has 0 aliphatic carbocycles. The zero-order chi connectivity index (χ0) is 6.85. The van der Waals surface area contributed by atoms with E-state index in [0.717, 1.165) is 6.54 Å². The molecule has 0 atom stereocenters. The van der Waals surface area contributed by atoms with Crippen molar-refractivity contribution >= 4 is 0 Å². The Morgan fingerprint density at radius 1 is 1.22 bits per heavy atom. The zero-order valence-electron chi connectivity index (χ0n) is 6.31. The molecule has 0 saturated carbocycles. The molecule has 0 radical (unpaired) electrons. The minimum atomic E-state index is 1.08. The topological polar surface area (TPSA) is 4.93 Å². The van der Waals surface area contributed by atoms with Gasteiger partial charge in [-0.05, 0) is 31.9 Å². The van der Waals surface area contributed by atoms with Gasteiger partial charge in [0.25, 0.3) is 0 Å². The second kappa shape index (κ2) is 2.26. The van der Waals surface area contributed by atoms with Crippen LogP contribution in [0.25, 0.3) is 0 Å². The molecular formula is C8H13N. The molecule has 1 rings (SSSR count). The van der Waals surface area contributed by atoms with Gasteiger partial charge in [0.05, 0.1) is 0 Å². The maximum atomic E-state index is 2.20. The van der Waals surface area contributed by atoms with E-state index in [1.807, 2.05) is 0 Å². The van der Waals surface area contributed by atoms with Gasteiger partial charge in [0.15, 0.2) is 0 Å². The molecule has 0 fully saturated rings. The summed E-state index contributed by atoms with van der Waals surface area (Å²) in [6.07, 6.45) is 4.35. The van der Waals surface area contributed by atoms with Gasteiger partial charge in [0, 0.05) is 18.9 Å². The maximum Gasteiger partial charge on any atom is 0.0191 e. The molecule has 0 N–H and O–H groups in total. The standard InChI is InChI=1S/C8H13N/c1-4-9-5-7(2)8(3)6-9/h5-6H,4H2,1-3H3. The van der Waals surface area contributed by atoms with Gasteiger partial charge in [-0.2, -0.15) is 0 Å². The van der Waals surface area contributed by atoms with Crippen LogP contribution in [0.1, 0.15) is 18.1 Å². The quantitative estimate of drug-likeness (QED) is 0.539. The first-order chi connectivity index (χ1) is 4.24. The fraction of sp³-hybridized carbons (Fsp3) is 0.500. The predicted octanol–water partition coefficient (Wildman–Crippen LogP) is 2.12. The molecular weight excluding hydrogens is 110 g/mol. The second-order valence-corrected chi connectivity index (χ2v) is 2.45. The SMILES string of the molecule is CCn1cc(C)c(C)c1. The van der Waals surface area contributed by atoms with E-state index in [9.17, 15) is 0 Å². The van der Waals surface area contributed by atoms with Gasteiger partial charge in [-0.1, -0.05) is 0 Å². The number of nitrogens with zero attached hydrogens (tertiary/aromatic N) is 1. The smallest absolute Gasteiger partial charge is 0.0191 e. The first kappa shape index (κ1) is 6.40. The van der Waals surface area contributed by atoms with E-state index in [2.05, 4.69) is 37.7 Å². The Bertz CT molecular complexity index is 179. The van der Waals surface area contributed by atoms with E-state index < -0.39 is 0 Å². The number of aromatic nitrogens is 1. The average molecular weight is 123 g/mol. The van der Waals surface area contributed by atoms with E-state index >= 15 is 0 Å². The first-order valence-electron chi connectivity index (χ1n) is 3.37. The summed E-state index contributed by atoms with van der Waals surface area (Å²) >= 11 is 0. The van der Waals surface area contributed by atoms with Crippen molar-refractivity contribution in [3.63, 3.8) is 0 Å².